The molecule has 2 aromatic rings. The van der Waals surface area contributed by atoms with Gasteiger partial charge in [-0.1, -0.05) is 30.3 Å². The molecule has 3 N–H and O–H groups in total. The first kappa shape index (κ1) is 13.3. The van der Waals surface area contributed by atoms with Gasteiger partial charge < -0.3 is 15.8 Å². The minimum absolute atomic E-state index is 0.361. The van der Waals surface area contributed by atoms with Crippen molar-refractivity contribution in [3.05, 3.63) is 42.0 Å². The molecule has 0 aliphatic heterocycles. The first-order valence-corrected chi connectivity index (χ1v) is 6.64. The van der Waals surface area contributed by atoms with Crippen LogP contribution in [0.4, 0.5) is 5.00 Å². The van der Waals surface area contributed by atoms with Gasteiger partial charge >= 0.3 is 0 Å². The average molecular weight is 274 g/mol. The maximum absolute atomic E-state index is 11.4. The predicted octanol–water partition coefficient (Wildman–Crippen LogP) is 2.51. The zero-order valence-corrected chi connectivity index (χ0v) is 11.2. The maximum atomic E-state index is 11.4. The third kappa shape index (κ3) is 3.00. The smallest absolute Gasteiger partial charge is 0.251 e. The SMILES string of the molecule is CC(C=O)Nc1sc(-c2ccccc2)cc1C(N)=O. The molecule has 1 aromatic heterocycles. The fraction of sp³-hybridized carbons (Fsp3) is 0.143. The van der Waals surface area contributed by atoms with E-state index in [9.17, 15) is 9.59 Å². The lowest BCUT2D eigenvalue weighted by Crippen LogP contribution is -2.19. The number of nitrogens with one attached hydrogen (secondary N) is 1. The third-order valence-corrected chi connectivity index (χ3v) is 3.73. The third-order valence-electron chi connectivity index (χ3n) is 2.62. The van der Waals surface area contributed by atoms with Gasteiger partial charge in [0.25, 0.3) is 5.91 Å². The number of rotatable bonds is 5. The Balaban J connectivity index is 2.40. The molecule has 0 saturated carbocycles. The molecule has 0 aliphatic carbocycles. The number of amides is 1. The Bertz CT molecular complexity index is 593. The molecule has 4 nitrogen and oxygen atoms in total. The van der Waals surface area contributed by atoms with Crippen molar-refractivity contribution in [2.24, 2.45) is 5.73 Å². The van der Waals surface area contributed by atoms with Crippen LogP contribution in [0.3, 0.4) is 0 Å². The highest BCUT2D eigenvalue weighted by Crippen LogP contribution is 2.35. The van der Waals surface area contributed by atoms with Gasteiger partial charge in [-0.3, -0.25) is 4.79 Å². The molecule has 1 unspecified atom stereocenters. The largest absolute Gasteiger partial charge is 0.367 e. The molecular formula is C14H14N2O2S. The van der Waals surface area contributed by atoms with E-state index >= 15 is 0 Å². The second-order valence-electron chi connectivity index (χ2n) is 4.15. The lowest BCUT2D eigenvalue weighted by Gasteiger charge is -2.07. The van der Waals surface area contributed by atoms with Gasteiger partial charge in [-0.05, 0) is 18.6 Å². The fourth-order valence-electron chi connectivity index (χ4n) is 1.67. The topological polar surface area (TPSA) is 72.2 Å². The Labute approximate surface area is 115 Å². The predicted molar refractivity (Wildman–Crippen MR) is 77.4 cm³/mol. The lowest BCUT2D eigenvalue weighted by atomic mass is 10.1. The number of aldehydes is 1. The fourth-order valence-corrected chi connectivity index (χ4v) is 2.83. The minimum Gasteiger partial charge on any atom is -0.367 e. The van der Waals surface area contributed by atoms with Crippen LogP contribution in [0.15, 0.2) is 36.4 Å². The summed E-state index contributed by atoms with van der Waals surface area (Å²) in [5, 5.41) is 3.61. The second-order valence-corrected chi connectivity index (χ2v) is 5.21. The number of primary amides is 1. The number of carbonyl (C=O) groups excluding carboxylic acids is 2. The summed E-state index contributed by atoms with van der Waals surface area (Å²) in [7, 11) is 0. The highest BCUT2D eigenvalue weighted by Gasteiger charge is 2.15. The summed E-state index contributed by atoms with van der Waals surface area (Å²) >= 11 is 1.41. The van der Waals surface area contributed by atoms with Crippen molar-refractivity contribution in [3.63, 3.8) is 0 Å². The highest BCUT2D eigenvalue weighted by molar-refractivity contribution is 7.19. The van der Waals surface area contributed by atoms with Crippen molar-refractivity contribution in [3.8, 4) is 10.4 Å². The molecule has 1 heterocycles. The molecule has 1 aromatic carbocycles. The van der Waals surface area contributed by atoms with Gasteiger partial charge in [-0.15, -0.1) is 11.3 Å². The maximum Gasteiger partial charge on any atom is 0.251 e. The van der Waals surface area contributed by atoms with E-state index in [1.807, 2.05) is 30.3 Å². The number of carbonyl (C=O) groups is 2. The van der Waals surface area contributed by atoms with Crippen LogP contribution in [0.5, 0.6) is 0 Å². The van der Waals surface area contributed by atoms with Gasteiger partial charge in [0.2, 0.25) is 0 Å². The molecular weight excluding hydrogens is 260 g/mol. The number of hydrogen-bond donors (Lipinski definition) is 2. The Hall–Kier alpha value is -2.14. The Morgan fingerprint density at radius 2 is 2.05 bits per heavy atom. The van der Waals surface area contributed by atoms with E-state index in [0.717, 1.165) is 16.7 Å². The van der Waals surface area contributed by atoms with Gasteiger partial charge in [-0.2, -0.15) is 0 Å². The molecule has 1 atom stereocenters. The van der Waals surface area contributed by atoms with Crippen molar-refractivity contribution in [2.45, 2.75) is 13.0 Å². The number of nitrogens with two attached hydrogens (primary N) is 1. The van der Waals surface area contributed by atoms with Gasteiger partial charge in [0.15, 0.2) is 0 Å². The Kier molecular flexibility index (Phi) is 3.97. The normalized spacial score (nSPS) is 11.8. The molecule has 0 saturated heterocycles. The zero-order chi connectivity index (χ0) is 13.8. The molecule has 2 rings (SSSR count). The number of hydrogen-bond acceptors (Lipinski definition) is 4. The van der Waals surface area contributed by atoms with Crippen LogP contribution in [-0.4, -0.2) is 18.2 Å². The monoisotopic (exact) mass is 274 g/mol. The summed E-state index contributed by atoms with van der Waals surface area (Å²) in [5.74, 6) is -0.501. The molecule has 19 heavy (non-hydrogen) atoms. The van der Waals surface area contributed by atoms with Crippen LogP contribution < -0.4 is 11.1 Å². The van der Waals surface area contributed by atoms with E-state index in [1.54, 1.807) is 13.0 Å². The van der Waals surface area contributed by atoms with E-state index < -0.39 is 5.91 Å². The van der Waals surface area contributed by atoms with Crippen molar-refractivity contribution >= 4 is 28.5 Å². The first-order valence-electron chi connectivity index (χ1n) is 5.82. The van der Waals surface area contributed by atoms with Crippen LogP contribution in [-0.2, 0) is 4.79 Å². The van der Waals surface area contributed by atoms with E-state index in [-0.39, 0.29) is 6.04 Å². The van der Waals surface area contributed by atoms with Crippen LogP contribution in [0, 0.1) is 0 Å². The Morgan fingerprint density at radius 1 is 1.37 bits per heavy atom. The van der Waals surface area contributed by atoms with E-state index in [2.05, 4.69) is 5.32 Å². The number of anilines is 1. The van der Waals surface area contributed by atoms with Crippen molar-refractivity contribution < 1.29 is 9.59 Å². The average Bonchev–Trinajstić information content (AvgIpc) is 2.83. The highest BCUT2D eigenvalue weighted by atomic mass is 32.1. The van der Waals surface area contributed by atoms with Crippen LogP contribution in [0.2, 0.25) is 0 Å². The molecule has 98 valence electrons. The summed E-state index contributed by atoms with van der Waals surface area (Å²) < 4.78 is 0. The molecule has 0 aliphatic rings. The standard InChI is InChI=1S/C14H14N2O2S/c1-9(8-17)16-14-11(13(15)18)7-12(19-14)10-5-3-2-4-6-10/h2-9,16H,1H3,(H2,15,18). The number of benzene rings is 1. The lowest BCUT2D eigenvalue weighted by molar-refractivity contribution is -0.108. The molecule has 5 heteroatoms. The van der Waals surface area contributed by atoms with Crippen LogP contribution in [0.1, 0.15) is 17.3 Å². The molecule has 0 fully saturated rings. The molecule has 0 bridgehead atoms. The van der Waals surface area contributed by atoms with E-state index in [4.69, 9.17) is 5.73 Å². The second kappa shape index (κ2) is 5.67. The summed E-state index contributed by atoms with van der Waals surface area (Å²) in [5.41, 5.74) is 6.79. The molecule has 1 amide bonds. The minimum atomic E-state index is -0.501. The zero-order valence-electron chi connectivity index (χ0n) is 10.4. The molecule has 0 radical (unpaired) electrons. The van der Waals surface area contributed by atoms with Gasteiger partial charge in [0.1, 0.15) is 11.3 Å². The molecule has 0 spiro atoms. The van der Waals surface area contributed by atoms with Crippen molar-refractivity contribution in [1.29, 1.82) is 0 Å². The van der Waals surface area contributed by atoms with Gasteiger partial charge in [0, 0.05) is 4.88 Å². The first-order chi connectivity index (χ1) is 9.11. The van der Waals surface area contributed by atoms with Crippen LogP contribution in [0.25, 0.3) is 10.4 Å². The number of thiophene rings is 1. The van der Waals surface area contributed by atoms with E-state index in [1.165, 1.54) is 11.3 Å². The van der Waals surface area contributed by atoms with Crippen molar-refractivity contribution in [1.82, 2.24) is 0 Å². The Morgan fingerprint density at radius 3 is 2.63 bits per heavy atom. The summed E-state index contributed by atoms with van der Waals surface area (Å²) in [6, 6.07) is 11.1. The van der Waals surface area contributed by atoms with Gasteiger partial charge in [0.05, 0.1) is 11.6 Å². The summed E-state index contributed by atoms with van der Waals surface area (Å²) in [6.45, 7) is 1.72. The van der Waals surface area contributed by atoms with Crippen molar-refractivity contribution in [2.75, 3.05) is 5.32 Å². The van der Waals surface area contributed by atoms with Crippen LogP contribution >= 0.6 is 11.3 Å². The van der Waals surface area contributed by atoms with E-state index in [0.29, 0.717) is 10.6 Å². The summed E-state index contributed by atoms with van der Waals surface area (Å²) in [6.07, 6.45) is 0.784. The quantitative estimate of drug-likeness (QED) is 0.823. The van der Waals surface area contributed by atoms with Gasteiger partial charge in [-0.25, -0.2) is 0 Å². The summed E-state index contributed by atoms with van der Waals surface area (Å²) in [4.78, 5) is 23.1.